The van der Waals surface area contributed by atoms with E-state index in [9.17, 15) is 19.5 Å². The summed E-state index contributed by atoms with van der Waals surface area (Å²) in [6.07, 6.45) is 3.29. The van der Waals surface area contributed by atoms with Gasteiger partial charge in [-0.25, -0.2) is 9.59 Å². The van der Waals surface area contributed by atoms with Crippen LogP contribution in [0.4, 0.5) is 4.79 Å². The highest BCUT2D eigenvalue weighted by atomic mass is 16.5. The summed E-state index contributed by atoms with van der Waals surface area (Å²) < 4.78 is 5.15. The molecule has 8 nitrogen and oxygen atoms in total. The second-order valence-corrected chi connectivity index (χ2v) is 5.56. The van der Waals surface area contributed by atoms with Gasteiger partial charge in [0.05, 0.1) is 13.2 Å². The Morgan fingerprint density at radius 1 is 1.24 bits per heavy atom. The Morgan fingerprint density at radius 3 is 2.48 bits per heavy atom. The summed E-state index contributed by atoms with van der Waals surface area (Å²) in [5.74, 6) is -1.68. The number of urea groups is 1. The van der Waals surface area contributed by atoms with E-state index in [1.165, 1.54) is 4.90 Å². The van der Waals surface area contributed by atoms with Crippen LogP contribution in [0, 0.1) is 0 Å². The van der Waals surface area contributed by atoms with Crippen LogP contribution in [0.25, 0.3) is 0 Å². The molecule has 1 aliphatic heterocycles. The van der Waals surface area contributed by atoms with E-state index in [1.54, 1.807) is 0 Å². The van der Waals surface area contributed by atoms with Gasteiger partial charge in [-0.2, -0.15) is 0 Å². The summed E-state index contributed by atoms with van der Waals surface area (Å²) in [4.78, 5) is 36.6. The van der Waals surface area contributed by atoms with Crippen LogP contribution in [-0.4, -0.2) is 59.3 Å². The number of hydrogen-bond donors (Lipinski definition) is 3. The van der Waals surface area contributed by atoms with Gasteiger partial charge in [-0.1, -0.05) is 19.3 Å². The van der Waals surface area contributed by atoms with Crippen molar-refractivity contribution in [2.45, 2.75) is 43.7 Å². The standard InChI is InChI=1S/C13H21N3O5/c14-10(17)9-8-21-7-6-16(9)12(20)15-13(11(18)19)4-2-1-3-5-13/h9H,1-8H2,(H2,14,17)(H,15,20)(H,18,19). The highest BCUT2D eigenvalue weighted by Crippen LogP contribution is 2.29. The zero-order valence-corrected chi connectivity index (χ0v) is 11.8. The van der Waals surface area contributed by atoms with Crippen LogP contribution in [0.15, 0.2) is 0 Å². The van der Waals surface area contributed by atoms with Crippen LogP contribution < -0.4 is 11.1 Å². The van der Waals surface area contributed by atoms with Crippen LogP contribution in [0.1, 0.15) is 32.1 Å². The molecule has 0 bridgehead atoms. The minimum Gasteiger partial charge on any atom is -0.480 e. The number of aliphatic carboxylic acids is 1. The largest absolute Gasteiger partial charge is 0.480 e. The monoisotopic (exact) mass is 299 g/mol. The molecule has 3 amide bonds. The van der Waals surface area contributed by atoms with E-state index < -0.39 is 29.5 Å². The van der Waals surface area contributed by atoms with Gasteiger partial charge in [-0.3, -0.25) is 4.79 Å². The Kier molecular flexibility index (Phi) is 4.66. The molecule has 4 N–H and O–H groups in total. The smallest absolute Gasteiger partial charge is 0.329 e. The van der Waals surface area contributed by atoms with Gasteiger partial charge in [-0.15, -0.1) is 0 Å². The number of rotatable bonds is 3. The second kappa shape index (κ2) is 6.30. The lowest BCUT2D eigenvalue weighted by Crippen LogP contribution is -2.63. The fourth-order valence-corrected chi connectivity index (χ4v) is 2.91. The molecule has 1 heterocycles. The number of nitrogens with one attached hydrogen (secondary N) is 1. The molecule has 0 aromatic heterocycles. The minimum absolute atomic E-state index is 0.0445. The molecule has 118 valence electrons. The minimum atomic E-state index is -1.24. The number of amides is 3. The number of carbonyl (C=O) groups is 3. The number of ether oxygens (including phenoxy) is 1. The Hall–Kier alpha value is -1.83. The number of carbonyl (C=O) groups excluding carboxylic acids is 2. The Labute approximate surface area is 122 Å². The third kappa shape index (κ3) is 3.26. The van der Waals surface area contributed by atoms with Crippen LogP contribution in [0.3, 0.4) is 0 Å². The number of morpholine rings is 1. The predicted molar refractivity (Wildman–Crippen MR) is 72.5 cm³/mol. The van der Waals surface area contributed by atoms with Crippen LogP contribution in [-0.2, 0) is 14.3 Å². The molecule has 0 radical (unpaired) electrons. The fourth-order valence-electron chi connectivity index (χ4n) is 2.91. The highest BCUT2D eigenvalue weighted by Gasteiger charge is 2.43. The molecule has 21 heavy (non-hydrogen) atoms. The first-order valence-electron chi connectivity index (χ1n) is 7.15. The zero-order chi connectivity index (χ0) is 15.5. The first kappa shape index (κ1) is 15.6. The molecular weight excluding hydrogens is 278 g/mol. The Morgan fingerprint density at radius 2 is 1.90 bits per heavy atom. The molecule has 2 aliphatic rings. The molecule has 1 unspecified atom stereocenters. The molecule has 8 heteroatoms. The van der Waals surface area contributed by atoms with E-state index in [2.05, 4.69) is 5.32 Å². The SMILES string of the molecule is NC(=O)C1COCCN1C(=O)NC1(C(=O)O)CCCCC1. The fraction of sp³-hybridized carbons (Fsp3) is 0.769. The molecule has 1 saturated heterocycles. The van der Waals surface area contributed by atoms with Crippen molar-refractivity contribution in [3.63, 3.8) is 0 Å². The molecule has 1 atom stereocenters. The number of primary amides is 1. The van der Waals surface area contributed by atoms with E-state index in [4.69, 9.17) is 10.5 Å². The number of carboxylic acids is 1. The summed E-state index contributed by atoms with van der Waals surface area (Å²) >= 11 is 0. The number of hydrogen-bond acceptors (Lipinski definition) is 4. The van der Waals surface area contributed by atoms with Crippen molar-refractivity contribution in [3.8, 4) is 0 Å². The van der Waals surface area contributed by atoms with E-state index in [1.807, 2.05) is 0 Å². The Bertz CT molecular complexity index is 434. The van der Waals surface area contributed by atoms with Crippen molar-refractivity contribution in [1.29, 1.82) is 0 Å². The van der Waals surface area contributed by atoms with E-state index in [0.29, 0.717) is 19.4 Å². The average Bonchev–Trinajstić information content (AvgIpc) is 2.48. The van der Waals surface area contributed by atoms with Gasteiger partial charge in [0, 0.05) is 6.54 Å². The topological polar surface area (TPSA) is 122 Å². The summed E-state index contributed by atoms with van der Waals surface area (Å²) in [5, 5.41) is 12.1. The van der Waals surface area contributed by atoms with Gasteiger partial charge < -0.3 is 25.8 Å². The zero-order valence-electron chi connectivity index (χ0n) is 11.8. The van der Waals surface area contributed by atoms with E-state index in [0.717, 1.165) is 19.3 Å². The van der Waals surface area contributed by atoms with Gasteiger partial charge in [0.2, 0.25) is 5.91 Å². The quantitative estimate of drug-likeness (QED) is 0.658. The van der Waals surface area contributed by atoms with Gasteiger partial charge in [0.15, 0.2) is 0 Å². The third-order valence-electron chi connectivity index (χ3n) is 4.18. The molecule has 1 saturated carbocycles. The number of carboxylic acid groups (broad SMARTS) is 1. The van der Waals surface area contributed by atoms with Crippen molar-refractivity contribution in [1.82, 2.24) is 10.2 Å². The predicted octanol–water partition coefficient (Wildman–Crippen LogP) is -0.330. The molecule has 2 rings (SSSR count). The van der Waals surface area contributed by atoms with Crippen LogP contribution in [0.2, 0.25) is 0 Å². The first-order valence-corrected chi connectivity index (χ1v) is 7.15. The lowest BCUT2D eigenvalue weighted by Gasteiger charge is -2.39. The maximum atomic E-state index is 12.4. The molecule has 0 spiro atoms. The van der Waals surface area contributed by atoms with Gasteiger partial charge >= 0.3 is 12.0 Å². The van der Waals surface area contributed by atoms with Crippen molar-refractivity contribution >= 4 is 17.9 Å². The number of nitrogens with two attached hydrogens (primary N) is 1. The number of nitrogens with zero attached hydrogens (tertiary/aromatic N) is 1. The normalized spacial score (nSPS) is 25.1. The van der Waals surface area contributed by atoms with Gasteiger partial charge in [-0.05, 0) is 12.8 Å². The molecule has 0 aromatic carbocycles. The molecule has 2 fully saturated rings. The summed E-state index contributed by atoms with van der Waals surface area (Å²) in [6.45, 7) is 0.565. The lowest BCUT2D eigenvalue weighted by molar-refractivity contribution is -0.146. The summed E-state index contributed by atoms with van der Waals surface area (Å²) in [5.41, 5.74) is 4.02. The Balaban J connectivity index is 2.10. The summed E-state index contributed by atoms with van der Waals surface area (Å²) in [7, 11) is 0. The second-order valence-electron chi connectivity index (χ2n) is 5.56. The van der Waals surface area contributed by atoms with Crippen molar-refractivity contribution in [3.05, 3.63) is 0 Å². The first-order chi connectivity index (χ1) is 9.96. The van der Waals surface area contributed by atoms with Gasteiger partial charge in [0.25, 0.3) is 0 Å². The lowest BCUT2D eigenvalue weighted by atomic mass is 9.82. The average molecular weight is 299 g/mol. The van der Waals surface area contributed by atoms with Gasteiger partial charge in [0.1, 0.15) is 11.6 Å². The van der Waals surface area contributed by atoms with E-state index >= 15 is 0 Å². The third-order valence-corrected chi connectivity index (χ3v) is 4.18. The maximum absolute atomic E-state index is 12.4. The summed E-state index contributed by atoms with van der Waals surface area (Å²) in [6, 6.07) is -1.42. The maximum Gasteiger partial charge on any atom is 0.329 e. The molecule has 0 aromatic rings. The molecular formula is C13H21N3O5. The van der Waals surface area contributed by atoms with Crippen molar-refractivity contribution in [2.24, 2.45) is 5.73 Å². The molecule has 1 aliphatic carbocycles. The van der Waals surface area contributed by atoms with Crippen LogP contribution >= 0.6 is 0 Å². The van der Waals surface area contributed by atoms with Crippen molar-refractivity contribution < 1.29 is 24.2 Å². The van der Waals surface area contributed by atoms with E-state index in [-0.39, 0.29) is 13.2 Å². The van der Waals surface area contributed by atoms with Crippen molar-refractivity contribution in [2.75, 3.05) is 19.8 Å². The highest BCUT2D eigenvalue weighted by molar-refractivity contribution is 5.90. The van der Waals surface area contributed by atoms with Crippen LogP contribution in [0.5, 0.6) is 0 Å².